The molecule has 1 aromatic heterocycles. The van der Waals surface area contributed by atoms with Gasteiger partial charge in [0.05, 0.1) is 0 Å². The fourth-order valence-corrected chi connectivity index (χ4v) is 0.733. The Morgan fingerprint density at radius 2 is 2.23 bits per heavy atom. The van der Waals surface area contributed by atoms with Gasteiger partial charge in [-0.15, -0.1) is 0 Å². The van der Waals surface area contributed by atoms with E-state index in [9.17, 15) is 9.59 Å². The van der Waals surface area contributed by atoms with Gasteiger partial charge in [-0.05, 0) is 6.92 Å². The molecule has 13 heavy (non-hydrogen) atoms. The number of hydrogen-bond acceptors (Lipinski definition) is 4. The smallest absolute Gasteiger partial charge is 0.327 e. The highest BCUT2D eigenvalue weighted by atomic mass is 16.5. The largest absolute Gasteiger partial charge is 0.360 e. The molecule has 0 unspecified atom stereocenters. The summed E-state index contributed by atoms with van der Waals surface area (Å²) in [5.41, 5.74) is 0. The first-order valence-corrected chi connectivity index (χ1v) is 3.60. The maximum absolute atomic E-state index is 10.9. The molecular weight excluding hydrogens is 174 g/mol. The van der Waals surface area contributed by atoms with E-state index in [1.807, 2.05) is 5.32 Å². The maximum atomic E-state index is 10.9. The Bertz CT molecular complexity index is 331. The van der Waals surface area contributed by atoms with Crippen LogP contribution in [0.2, 0.25) is 0 Å². The minimum Gasteiger partial charge on any atom is -0.360 e. The lowest BCUT2D eigenvalue weighted by Gasteiger charge is -1.99. The average molecular weight is 183 g/mol. The maximum Gasteiger partial charge on any atom is 0.327 e. The fourth-order valence-electron chi connectivity index (χ4n) is 0.733. The Morgan fingerprint density at radius 3 is 2.69 bits per heavy atom. The van der Waals surface area contributed by atoms with Gasteiger partial charge in [-0.1, -0.05) is 5.16 Å². The number of anilines is 1. The molecule has 0 aliphatic rings. The molecule has 2 N–H and O–H groups in total. The van der Waals surface area contributed by atoms with Crippen molar-refractivity contribution in [3.8, 4) is 0 Å². The molecule has 0 fully saturated rings. The molecule has 6 heteroatoms. The van der Waals surface area contributed by atoms with Crippen LogP contribution in [0.25, 0.3) is 0 Å². The lowest BCUT2D eigenvalue weighted by molar-refractivity contribution is -0.117. The second-order valence-electron chi connectivity index (χ2n) is 2.46. The van der Waals surface area contributed by atoms with E-state index >= 15 is 0 Å². The predicted octanol–water partition coefficient (Wildman–Crippen LogP) is 0.651. The second-order valence-corrected chi connectivity index (χ2v) is 2.46. The first-order chi connectivity index (χ1) is 6.08. The average Bonchev–Trinajstić information content (AvgIpc) is 2.33. The number of carbonyl (C=O) groups excluding carboxylic acids is 2. The highest BCUT2D eigenvalue weighted by Crippen LogP contribution is 2.05. The number of hydrogen-bond donors (Lipinski definition) is 2. The van der Waals surface area contributed by atoms with Crippen molar-refractivity contribution >= 4 is 17.8 Å². The minimum absolute atomic E-state index is 0.274. The Labute approximate surface area is 74.3 Å². The molecule has 0 saturated heterocycles. The Morgan fingerprint density at radius 1 is 1.54 bits per heavy atom. The van der Waals surface area contributed by atoms with Crippen LogP contribution in [0, 0.1) is 6.92 Å². The van der Waals surface area contributed by atoms with Gasteiger partial charge in [0.2, 0.25) is 5.91 Å². The van der Waals surface area contributed by atoms with E-state index in [2.05, 4.69) is 10.5 Å². The van der Waals surface area contributed by atoms with Gasteiger partial charge in [0, 0.05) is 13.0 Å². The zero-order valence-electron chi connectivity index (χ0n) is 7.25. The zero-order chi connectivity index (χ0) is 9.84. The molecule has 0 spiro atoms. The van der Waals surface area contributed by atoms with Crippen LogP contribution < -0.4 is 10.6 Å². The van der Waals surface area contributed by atoms with Crippen molar-refractivity contribution in [3.05, 3.63) is 11.8 Å². The summed E-state index contributed by atoms with van der Waals surface area (Å²) < 4.78 is 4.69. The molecule has 70 valence electrons. The molecule has 0 bridgehead atoms. The second kappa shape index (κ2) is 3.70. The van der Waals surface area contributed by atoms with E-state index in [1.165, 1.54) is 6.92 Å². The number of amides is 3. The van der Waals surface area contributed by atoms with Crippen LogP contribution in [-0.4, -0.2) is 17.1 Å². The Kier molecular flexibility index (Phi) is 2.63. The summed E-state index contributed by atoms with van der Waals surface area (Å²) in [5, 5.41) is 7.85. The van der Waals surface area contributed by atoms with Crippen LogP contribution in [0.3, 0.4) is 0 Å². The highest BCUT2D eigenvalue weighted by Gasteiger charge is 2.06. The molecule has 0 aliphatic heterocycles. The molecule has 0 aliphatic carbocycles. The van der Waals surface area contributed by atoms with Crippen LogP contribution >= 0.6 is 0 Å². The fraction of sp³-hybridized carbons (Fsp3) is 0.286. The number of nitrogens with zero attached hydrogens (tertiary/aromatic N) is 1. The lowest BCUT2D eigenvalue weighted by atomic mass is 10.5. The van der Waals surface area contributed by atoms with Crippen LogP contribution in [0.4, 0.5) is 10.6 Å². The molecule has 0 atom stereocenters. The van der Waals surface area contributed by atoms with E-state index in [0.717, 1.165) is 0 Å². The summed E-state index contributed by atoms with van der Waals surface area (Å²) in [4.78, 5) is 21.3. The van der Waals surface area contributed by atoms with Crippen LogP contribution in [0.15, 0.2) is 10.6 Å². The van der Waals surface area contributed by atoms with Gasteiger partial charge < -0.3 is 4.52 Å². The van der Waals surface area contributed by atoms with Gasteiger partial charge in [0.1, 0.15) is 5.76 Å². The molecule has 0 saturated carbocycles. The van der Waals surface area contributed by atoms with Crippen molar-refractivity contribution < 1.29 is 14.1 Å². The number of rotatable bonds is 1. The first kappa shape index (κ1) is 9.24. The minimum atomic E-state index is -0.624. The first-order valence-electron chi connectivity index (χ1n) is 3.60. The standard InChI is InChI=1S/C7H9N3O3/c1-4-3-6(10-13-4)9-7(12)8-5(2)11/h3H,1-2H3,(H2,8,9,10,11,12). The zero-order valence-corrected chi connectivity index (χ0v) is 7.25. The molecule has 6 nitrogen and oxygen atoms in total. The Hall–Kier alpha value is -1.85. The topological polar surface area (TPSA) is 84.2 Å². The van der Waals surface area contributed by atoms with Crippen molar-refractivity contribution in [2.24, 2.45) is 0 Å². The number of aryl methyl sites for hydroxylation is 1. The Balaban J connectivity index is 2.50. The summed E-state index contributed by atoms with van der Waals surface area (Å²) >= 11 is 0. The number of carbonyl (C=O) groups is 2. The van der Waals surface area contributed by atoms with E-state index < -0.39 is 11.9 Å². The van der Waals surface area contributed by atoms with Crippen LogP contribution in [0.5, 0.6) is 0 Å². The number of nitrogens with one attached hydrogen (secondary N) is 2. The van der Waals surface area contributed by atoms with Crippen molar-refractivity contribution in [1.29, 1.82) is 0 Å². The van der Waals surface area contributed by atoms with Crippen LogP contribution in [-0.2, 0) is 4.79 Å². The molecule has 1 aromatic rings. The van der Waals surface area contributed by atoms with Gasteiger partial charge in [-0.3, -0.25) is 15.4 Å². The lowest BCUT2D eigenvalue weighted by Crippen LogP contribution is -2.32. The van der Waals surface area contributed by atoms with Crippen molar-refractivity contribution in [2.45, 2.75) is 13.8 Å². The third-order valence-electron chi connectivity index (χ3n) is 1.16. The van der Waals surface area contributed by atoms with E-state index in [1.54, 1.807) is 13.0 Å². The van der Waals surface area contributed by atoms with Gasteiger partial charge >= 0.3 is 6.03 Å². The molecule has 0 aromatic carbocycles. The summed E-state index contributed by atoms with van der Waals surface area (Å²) in [7, 11) is 0. The van der Waals surface area contributed by atoms with E-state index in [-0.39, 0.29) is 5.82 Å². The van der Waals surface area contributed by atoms with E-state index in [4.69, 9.17) is 4.52 Å². The van der Waals surface area contributed by atoms with Gasteiger partial charge in [0.25, 0.3) is 0 Å². The molecule has 1 rings (SSSR count). The number of imide groups is 1. The molecule has 3 amide bonds. The number of urea groups is 1. The molecule has 1 heterocycles. The van der Waals surface area contributed by atoms with Gasteiger partial charge in [-0.2, -0.15) is 0 Å². The summed E-state index contributed by atoms with van der Waals surface area (Å²) in [6.45, 7) is 2.94. The highest BCUT2D eigenvalue weighted by molar-refractivity contribution is 5.99. The quantitative estimate of drug-likeness (QED) is 0.669. The normalized spacial score (nSPS) is 9.38. The number of aromatic nitrogens is 1. The van der Waals surface area contributed by atoms with Crippen molar-refractivity contribution in [1.82, 2.24) is 10.5 Å². The van der Waals surface area contributed by atoms with Crippen molar-refractivity contribution in [2.75, 3.05) is 5.32 Å². The predicted molar refractivity (Wildman–Crippen MR) is 44.1 cm³/mol. The van der Waals surface area contributed by atoms with Crippen molar-refractivity contribution in [3.63, 3.8) is 0 Å². The van der Waals surface area contributed by atoms with Crippen LogP contribution in [0.1, 0.15) is 12.7 Å². The monoisotopic (exact) mass is 183 g/mol. The summed E-state index contributed by atoms with van der Waals surface area (Å²) in [6, 6.07) is 0.917. The van der Waals surface area contributed by atoms with E-state index in [0.29, 0.717) is 5.76 Å². The third kappa shape index (κ3) is 2.94. The van der Waals surface area contributed by atoms with Gasteiger partial charge in [-0.25, -0.2) is 4.79 Å². The molecule has 0 radical (unpaired) electrons. The molecular formula is C7H9N3O3. The summed E-state index contributed by atoms with van der Waals surface area (Å²) in [5.74, 6) is 0.423. The van der Waals surface area contributed by atoms with Gasteiger partial charge in [0.15, 0.2) is 5.82 Å². The SMILES string of the molecule is CC(=O)NC(=O)Nc1cc(C)on1. The summed E-state index contributed by atoms with van der Waals surface area (Å²) in [6.07, 6.45) is 0. The third-order valence-corrected chi connectivity index (χ3v) is 1.16.